The Morgan fingerprint density at radius 2 is 1.80 bits per heavy atom. The predicted octanol–water partition coefficient (Wildman–Crippen LogP) is 3.04. The Bertz CT molecular complexity index is 1520. The first-order valence-corrected chi connectivity index (χ1v) is 19.7. The van der Waals surface area contributed by atoms with Crippen molar-refractivity contribution in [1.82, 2.24) is 19.6 Å². The molecule has 2 fully saturated rings. The van der Waals surface area contributed by atoms with Crippen LogP contribution < -0.4 is 5.46 Å². The number of carbonyl (C=O) groups is 3. The molecular formula is C33H45BN4O7Si. The number of aromatic nitrogens is 2. The number of imide groups is 1. The molecule has 1 aromatic heterocycles. The third kappa shape index (κ3) is 7.47. The zero-order chi connectivity index (χ0) is 33.3. The first kappa shape index (κ1) is 34.1. The van der Waals surface area contributed by atoms with Crippen molar-refractivity contribution in [1.29, 1.82) is 0 Å². The minimum Gasteiger partial charge on any atom is -0.399 e. The second-order valence-corrected chi connectivity index (χ2v) is 19.9. The van der Waals surface area contributed by atoms with E-state index >= 15 is 0 Å². The van der Waals surface area contributed by atoms with Crippen LogP contribution in [0.4, 0.5) is 0 Å². The lowest BCUT2D eigenvalue weighted by atomic mass is 9.82. The number of carbonyl (C=O) groups excluding carboxylic acids is 3. The summed E-state index contributed by atoms with van der Waals surface area (Å²) < 4.78 is 25.4. The SMILES string of the molecule is CC1(C)OB(c2cnn(CCOCC#Cc3cccc4c3CN(C3CCC(=O)N(COCC[Si](C)(C)C)C3=O)C4=O)c2)OC1(C)C. The van der Waals surface area contributed by atoms with Gasteiger partial charge in [-0.2, -0.15) is 5.10 Å². The van der Waals surface area contributed by atoms with E-state index in [9.17, 15) is 14.4 Å². The summed E-state index contributed by atoms with van der Waals surface area (Å²) in [5.74, 6) is 5.33. The van der Waals surface area contributed by atoms with Gasteiger partial charge in [-0.25, -0.2) is 0 Å². The molecule has 13 heteroatoms. The first-order valence-electron chi connectivity index (χ1n) is 16.0. The molecule has 5 rings (SSSR count). The molecule has 0 saturated carbocycles. The Kier molecular flexibility index (Phi) is 9.96. The average molecular weight is 649 g/mol. The second kappa shape index (κ2) is 13.4. The molecule has 3 amide bonds. The molecule has 1 unspecified atom stereocenters. The maximum Gasteiger partial charge on any atom is 0.498 e. The number of rotatable bonds is 11. The monoisotopic (exact) mass is 648 g/mol. The molecule has 3 aliphatic rings. The number of nitrogens with zero attached hydrogens (tertiary/aromatic N) is 4. The van der Waals surface area contributed by atoms with Crippen LogP contribution in [0, 0.1) is 11.8 Å². The average Bonchev–Trinajstić information content (AvgIpc) is 3.64. The van der Waals surface area contributed by atoms with Crippen molar-refractivity contribution in [2.24, 2.45) is 0 Å². The quantitative estimate of drug-likeness (QED) is 0.158. The Morgan fingerprint density at radius 1 is 1.07 bits per heavy atom. The van der Waals surface area contributed by atoms with Gasteiger partial charge in [-0.3, -0.25) is 24.0 Å². The Balaban J connectivity index is 1.13. The molecule has 1 atom stereocenters. The predicted molar refractivity (Wildman–Crippen MR) is 176 cm³/mol. The molecule has 0 aliphatic carbocycles. The summed E-state index contributed by atoms with van der Waals surface area (Å²) in [6.07, 6.45) is 4.14. The largest absolute Gasteiger partial charge is 0.498 e. The number of hydrogen-bond donors (Lipinski definition) is 0. The van der Waals surface area contributed by atoms with E-state index in [0.717, 1.165) is 27.5 Å². The molecule has 11 nitrogen and oxygen atoms in total. The highest BCUT2D eigenvalue weighted by Gasteiger charge is 2.52. The van der Waals surface area contributed by atoms with E-state index in [0.29, 0.717) is 31.7 Å². The number of likely N-dealkylation sites (tertiary alicyclic amines) is 1. The van der Waals surface area contributed by atoms with Crippen molar-refractivity contribution in [3.63, 3.8) is 0 Å². The molecule has 2 saturated heterocycles. The number of piperidine rings is 1. The third-order valence-electron chi connectivity index (χ3n) is 9.11. The van der Waals surface area contributed by atoms with Gasteiger partial charge in [0.2, 0.25) is 5.91 Å². The number of hydrogen-bond acceptors (Lipinski definition) is 8. The molecule has 0 N–H and O–H groups in total. The Morgan fingerprint density at radius 3 is 2.52 bits per heavy atom. The van der Waals surface area contributed by atoms with E-state index in [-0.39, 0.29) is 44.0 Å². The van der Waals surface area contributed by atoms with Crippen LogP contribution in [-0.4, -0.2) is 96.3 Å². The lowest BCUT2D eigenvalue weighted by molar-refractivity contribution is -0.158. The highest BCUT2D eigenvalue weighted by atomic mass is 28.3. The Hall–Kier alpha value is -3.28. The van der Waals surface area contributed by atoms with Crippen LogP contribution >= 0.6 is 0 Å². The van der Waals surface area contributed by atoms with Crippen molar-refractivity contribution in [2.75, 3.05) is 26.6 Å². The van der Waals surface area contributed by atoms with Gasteiger partial charge in [0.1, 0.15) is 19.4 Å². The molecule has 4 heterocycles. The third-order valence-corrected chi connectivity index (χ3v) is 10.8. The highest BCUT2D eigenvalue weighted by molar-refractivity contribution is 6.76. The van der Waals surface area contributed by atoms with Gasteiger partial charge >= 0.3 is 7.12 Å². The summed E-state index contributed by atoms with van der Waals surface area (Å²) in [6, 6.07) is 5.65. The maximum atomic E-state index is 13.4. The van der Waals surface area contributed by atoms with Crippen molar-refractivity contribution < 1.29 is 33.2 Å². The van der Waals surface area contributed by atoms with Gasteiger partial charge < -0.3 is 23.7 Å². The number of benzene rings is 1. The molecular weight excluding hydrogens is 603 g/mol. The minimum absolute atomic E-state index is 0.0774. The van der Waals surface area contributed by atoms with E-state index < -0.39 is 32.4 Å². The van der Waals surface area contributed by atoms with E-state index in [4.69, 9.17) is 18.8 Å². The highest BCUT2D eigenvalue weighted by Crippen LogP contribution is 2.36. The summed E-state index contributed by atoms with van der Waals surface area (Å²) >= 11 is 0. The standard InChI is InChI=1S/C33H45BN4O7Si/c1-32(2)33(3,4)45-34(44-32)25-20-35-36(21-25)15-17-42-16-9-11-24-10-8-12-26-27(24)22-37(30(26)40)28-13-14-29(39)38(31(28)41)23-43-18-19-46(5,6)7/h8,10,12,20-21,28H,13-19,22-23H2,1-7H3. The summed E-state index contributed by atoms with van der Waals surface area (Å²) in [5, 5.41) is 4.41. The van der Waals surface area contributed by atoms with Gasteiger partial charge in [-0.05, 0) is 57.9 Å². The van der Waals surface area contributed by atoms with Gasteiger partial charge in [-0.1, -0.05) is 37.5 Å². The summed E-state index contributed by atoms with van der Waals surface area (Å²) in [4.78, 5) is 42.1. The van der Waals surface area contributed by atoms with Gasteiger partial charge in [-0.15, -0.1) is 0 Å². The minimum atomic E-state index is -1.30. The van der Waals surface area contributed by atoms with E-state index in [1.165, 1.54) is 0 Å². The van der Waals surface area contributed by atoms with Crippen LogP contribution in [-0.2, 0) is 41.5 Å². The lowest BCUT2D eigenvalue weighted by Gasteiger charge is -2.35. The van der Waals surface area contributed by atoms with E-state index in [1.807, 2.05) is 40.0 Å². The van der Waals surface area contributed by atoms with Crippen LogP contribution in [0.3, 0.4) is 0 Å². The van der Waals surface area contributed by atoms with Crippen LogP contribution in [0.2, 0.25) is 25.7 Å². The smallest absolute Gasteiger partial charge is 0.399 e. The molecule has 0 bridgehead atoms. The zero-order valence-corrected chi connectivity index (χ0v) is 29.1. The normalized spacial score (nSPS) is 20.7. The molecule has 0 spiro atoms. The summed E-state index contributed by atoms with van der Waals surface area (Å²) in [7, 11) is -1.76. The summed E-state index contributed by atoms with van der Waals surface area (Å²) in [6.45, 7) is 16.7. The molecule has 46 heavy (non-hydrogen) atoms. The van der Waals surface area contributed by atoms with Crippen molar-refractivity contribution >= 4 is 38.4 Å². The van der Waals surface area contributed by atoms with Crippen LogP contribution in [0.15, 0.2) is 30.6 Å². The lowest BCUT2D eigenvalue weighted by Crippen LogP contribution is -2.55. The van der Waals surface area contributed by atoms with Gasteiger partial charge in [0.25, 0.3) is 11.8 Å². The van der Waals surface area contributed by atoms with Gasteiger partial charge in [0.05, 0.1) is 24.4 Å². The number of fused-ring (bicyclic) bond motifs is 1. The maximum absolute atomic E-state index is 13.4. The fourth-order valence-corrected chi connectivity index (χ4v) is 6.28. The molecule has 246 valence electrons. The van der Waals surface area contributed by atoms with Crippen LogP contribution in [0.25, 0.3) is 0 Å². The number of ether oxygens (including phenoxy) is 2. The van der Waals surface area contributed by atoms with E-state index in [1.54, 1.807) is 27.9 Å². The summed E-state index contributed by atoms with van der Waals surface area (Å²) in [5.41, 5.74) is 2.08. The number of amides is 3. The van der Waals surface area contributed by atoms with Crippen LogP contribution in [0.1, 0.15) is 62.0 Å². The van der Waals surface area contributed by atoms with Crippen molar-refractivity contribution in [3.8, 4) is 11.8 Å². The van der Waals surface area contributed by atoms with Crippen molar-refractivity contribution in [3.05, 3.63) is 47.3 Å². The fraction of sp³-hybridized carbons (Fsp3) is 0.576. The van der Waals surface area contributed by atoms with Crippen molar-refractivity contribution in [2.45, 2.75) is 96.6 Å². The zero-order valence-electron chi connectivity index (χ0n) is 28.1. The fourth-order valence-electron chi connectivity index (χ4n) is 5.52. The van der Waals surface area contributed by atoms with Gasteiger partial charge in [0.15, 0.2) is 0 Å². The molecule has 2 aromatic rings. The van der Waals surface area contributed by atoms with Crippen LogP contribution in [0.5, 0.6) is 0 Å². The van der Waals surface area contributed by atoms with Gasteiger partial charge in [0, 0.05) is 56.6 Å². The molecule has 0 radical (unpaired) electrons. The second-order valence-electron chi connectivity index (χ2n) is 14.3. The first-order chi connectivity index (χ1) is 21.7. The molecule has 1 aromatic carbocycles. The van der Waals surface area contributed by atoms with E-state index in [2.05, 4.69) is 36.6 Å². The topological polar surface area (TPSA) is 112 Å². The Labute approximate surface area is 273 Å². The molecule has 3 aliphatic heterocycles.